The smallest absolute Gasteiger partial charge is 0.129 e. The van der Waals surface area contributed by atoms with E-state index in [1.807, 2.05) is 62.4 Å². The SMILES string of the molecule is C/C=C/COc1cc(C)c(OCCCCCOCc2ccc(OC/C(C)=N/OC)cc2)c(C)c1. The van der Waals surface area contributed by atoms with Gasteiger partial charge in [-0.05, 0) is 87.9 Å². The van der Waals surface area contributed by atoms with Gasteiger partial charge < -0.3 is 23.8 Å². The number of benzene rings is 2. The summed E-state index contributed by atoms with van der Waals surface area (Å²) in [6.45, 7) is 11.0. The fourth-order valence-corrected chi connectivity index (χ4v) is 3.36. The lowest BCUT2D eigenvalue weighted by Gasteiger charge is -2.14. The van der Waals surface area contributed by atoms with Crippen LogP contribution in [-0.4, -0.2) is 39.2 Å². The van der Waals surface area contributed by atoms with Gasteiger partial charge in [0, 0.05) is 6.61 Å². The maximum Gasteiger partial charge on any atom is 0.129 e. The standard InChI is InChI=1S/C28H39NO5/c1-6-7-16-32-27-18-22(2)28(23(3)19-27)33-17-10-8-9-15-31-21-25-11-13-26(14-12-25)34-20-24(4)29-30-5/h6-7,11-14,18-19H,8-10,15-17,20-21H2,1-5H3/b7-6+,29-24+. The number of hydrogen-bond donors (Lipinski definition) is 0. The molecule has 2 aromatic rings. The first-order valence-electron chi connectivity index (χ1n) is 11.9. The summed E-state index contributed by atoms with van der Waals surface area (Å²) in [5.41, 5.74) is 4.12. The van der Waals surface area contributed by atoms with Crippen molar-refractivity contribution in [2.24, 2.45) is 5.16 Å². The molecular formula is C28H39NO5. The Labute approximate surface area is 204 Å². The van der Waals surface area contributed by atoms with E-state index < -0.39 is 0 Å². The number of nitrogens with zero attached hydrogens (tertiary/aromatic N) is 1. The third kappa shape index (κ3) is 10.3. The zero-order valence-corrected chi connectivity index (χ0v) is 21.3. The van der Waals surface area contributed by atoms with Gasteiger partial charge in [0.2, 0.25) is 0 Å². The molecule has 0 fully saturated rings. The van der Waals surface area contributed by atoms with Crippen LogP contribution in [-0.2, 0) is 16.2 Å². The molecule has 0 N–H and O–H groups in total. The van der Waals surface area contributed by atoms with Crippen LogP contribution in [0.25, 0.3) is 0 Å². The average molecular weight is 470 g/mol. The Morgan fingerprint density at radius 2 is 1.59 bits per heavy atom. The third-order valence-corrected chi connectivity index (χ3v) is 5.08. The van der Waals surface area contributed by atoms with Crippen LogP contribution in [0.2, 0.25) is 0 Å². The Morgan fingerprint density at radius 1 is 0.882 bits per heavy atom. The second kappa shape index (κ2) is 15.8. The summed E-state index contributed by atoms with van der Waals surface area (Å²) in [7, 11) is 1.53. The minimum atomic E-state index is 0.406. The summed E-state index contributed by atoms with van der Waals surface area (Å²) in [5.74, 6) is 2.64. The summed E-state index contributed by atoms with van der Waals surface area (Å²) in [6, 6.07) is 12.0. The number of aryl methyl sites for hydroxylation is 2. The molecule has 0 saturated heterocycles. The number of rotatable bonds is 16. The molecule has 0 aliphatic carbocycles. The van der Waals surface area contributed by atoms with Crippen molar-refractivity contribution in [3.8, 4) is 17.2 Å². The van der Waals surface area contributed by atoms with Crippen molar-refractivity contribution in [3.63, 3.8) is 0 Å². The lowest BCUT2D eigenvalue weighted by atomic mass is 10.1. The van der Waals surface area contributed by atoms with Crippen molar-refractivity contribution < 1.29 is 23.8 Å². The highest BCUT2D eigenvalue weighted by molar-refractivity contribution is 5.82. The van der Waals surface area contributed by atoms with Gasteiger partial charge in [0.05, 0.1) is 18.9 Å². The first-order valence-corrected chi connectivity index (χ1v) is 11.9. The predicted molar refractivity (Wildman–Crippen MR) is 137 cm³/mol. The molecule has 186 valence electrons. The van der Waals surface area contributed by atoms with Crippen LogP contribution in [0.3, 0.4) is 0 Å². The zero-order chi connectivity index (χ0) is 24.6. The molecule has 34 heavy (non-hydrogen) atoms. The van der Waals surface area contributed by atoms with E-state index in [1.165, 1.54) is 7.11 Å². The van der Waals surface area contributed by atoms with E-state index in [-0.39, 0.29) is 0 Å². The van der Waals surface area contributed by atoms with Crippen LogP contribution < -0.4 is 14.2 Å². The molecular weight excluding hydrogens is 430 g/mol. The van der Waals surface area contributed by atoms with Gasteiger partial charge in [-0.25, -0.2) is 0 Å². The molecule has 0 aromatic heterocycles. The summed E-state index contributed by atoms with van der Waals surface area (Å²) < 4.78 is 23.3. The maximum absolute atomic E-state index is 6.05. The number of unbranched alkanes of at least 4 members (excludes halogenated alkanes) is 2. The molecule has 0 heterocycles. The number of oxime groups is 1. The first kappa shape index (κ1) is 27.3. The molecule has 0 unspecified atom stereocenters. The van der Waals surface area contributed by atoms with Gasteiger partial charge in [-0.2, -0.15) is 0 Å². The topological polar surface area (TPSA) is 58.5 Å². The second-order valence-corrected chi connectivity index (χ2v) is 8.17. The van der Waals surface area contributed by atoms with Crippen LogP contribution >= 0.6 is 0 Å². The Morgan fingerprint density at radius 3 is 2.26 bits per heavy atom. The van der Waals surface area contributed by atoms with E-state index in [0.717, 1.165) is 65.5 Å². The Kier molecular flexibility index (Phi) is 12.6. The largest absolute Gasteiger partial charge is 0.493 e. The molecule has 0 atom stereocenters. The molecule has 0 aliphatic heterocycles. The highest BCUT2D eigenvalue weighted by atomic mass is 16.6. The Hall–Kier alpha value is -2.99. The van der Waals surface area contributed by atoms with Gasteiger partial charge in [0.15, 0.2) is 0 Å². The number of allylic oxidation sites excluding steroid dienone is 1. The summed E-state index contributed by atoms with van der Waals surface area (Å²) in [4.78, 5) is 4.72. The van der Waals surface area contributed by atoms with E-state index in [2.05, 4.69) is 19.0 Å². The fraction of sp³-hybridized carbons (Fsp3) is 0.464. The van der Waals surface area contributed by atoms with Crippen LogP contribution in [0.15, 0.2) is 53.7 Å². The number of hydrogen-bond acceptors (Lipinski definition) is 6. The Bertz CT molecular complexity index is 883. The van der Waals surface area contributed by atoms with Gasteiger partial charge in [-0.1, -0.05) is 29.4 Å². The monoisotopic (exact) mass is 469 g/mol. The van der Waals surface area contributed by atoms with Crippen LogP contribution in [0, 0.1) is 13.8 Å². The molecule has 0 bridgehead atoms. The van der Waals surface area contributed by atoms with Crippen molar-refractivity contribution >= 4 is 5.71 Å². The van der Waals surface area contributed by atoms with Crippen molar-refractivity contribution in [1.29, 1.82) is 0 Å². The van der Waals surface area contributed by atoms with Gasteiger partial charge >= 0.3 is 0 Å². The summed E-state index contributed by atoms with van der Waals surface area (Å²) in [6.07, 6.45) is 7.06. The van der Waals surface area contributed by atoms with Crippen molar-refractivity contribution in [3.05, 3.63) is 65.2 Å². The predicted octanol–water partition coefficient (Wildman–Crippen LogP) is 6.43. The van der Waals surface area contributed by atoms with Crippen molar-refractivity contribution in [1.82, 2.24) is 0 Å². The molecule has 0 radical (unpaired) electrons. The fourth-order valence-electron chi connectivity index (χ4n) is 3.36. The molecule has 0 saturated carbocycles. The first-order chi connectivity index (χ1) is 16.5. The lowest BCUT2D eigenvalue weighted by molar-refractivity contribution is 0.115. The quantitative estimate of drug-likeness (QED) is 0.123. The maximum atomic E-state index is 6.05. The molecule has 6 heteroatoms. The van der Waals surface area contributed by atoms with Crippen LogP contribution in [0.1, 0.15) is 49.8 Å². The highest BCUT2D eigenvalue weighted by Crippen LogP contribution is 2.28. The van der Waals surface area contributed by atoms with E-state index in [1.54, 1.807) is 0 Å². The lowest BCUT2D eigenvalue weighted by Crippen LogP contribution is -2.07. The minimum absolute atomic E-state index is 0.406. The molecule has 0 amide bonds. The van der Waals surface area contributed by atoms with Gasteiger partial charge in [0.1, 0.15) is 37.6 Å². The zero-order valence-electron chi connectivity index (χ0n) is 21.3. The molecule has 6 nitrogen and oxygen atoms in total. The molecule has 0 spiro atoms. The number of ether oxygens (including phenoxy) is 4. The summed E-state index contributed by atoms with van der Waals surface area (Å²) >= 11 is 0. The van der Waals surface area contributed by atoms with E-state index >= 15 is 0 Å². The van der Waals surface area contributed by atoms with Crippen molar-refractivity contribution in [2.75, 3.05) is 33.5 Å². The third-order valence-electron chi connectivity index (χ3n) is 5.08. The second-order valence-electron chi connectivity index (χ2n) is 8.17. The van der Waals surface area contributed by atoms with Crippen LogP contribution in [0.5, 0.6) is 17.2 Å². The van der Waals surface area contributed by atoms with Crippen molar-refractivity contribution in [2.45, 2.75) is 53.6 Å². The Balaban J connectivity index is 1.58. The molecule has 0 aliphatic rings. The molecule has 2 rings (SSSR count). The van der Waals surface area contributed by atoms with Gasteiger partial charge in [-0.15, -0.1) is 0 Å². The minimum Gasteiger partial charge on any atom is -0.493 e. The highest BCUT2D eigenvalue weighted by Gasteiger charge is 2.07. The van der Waals surface area contributed by atoms with E-state index in [0.29, 0.717) is 26.4 Å². The molecule has 2 aromatic carbocycles. The van der Waals surface area contributed by atoms with Gasteiger partial charge in [-0.3, -0.25) is 0 Å². The van der Waals surface area contributed by atoms with Gasteiger partial charge in [0.25, 0.3) is 0 Å². The van der Waals surface area contributed by atoms with Crippen LogP contribution in [0.4, 0.5) is 0 Å². The average Bonchev–Trinajstić information content (AvgIpc) is 2.82. The van der Waals surface area contributed by atoms with E-state index in [4.69, 9.17) is 23.8 Å². The summed E-state index contributed by atoms with van der Waals surface area (Å²) in [5, 5.41) is 3.83. The van der Waals surface area contributed by atoms with E-state index in [9.17, 15) is 0 Å². The normalized spacial score (nSPS) is 11.6.